The first-order chi connectivity index (χ1) is 7.49. The van der Waals surface area contributed by atoms with Gasteiger partial charge in [0.15, 0.2) is 0 Å². The molecule has 0 aromatic heterocycles. The Labute approximate surface area is 94.3 Å². The van der Waals surface area contributed by atoms with Crippen molar-refractivity contribution in [2.75, 3.05) is 5.32 Å². The van der Waals surface area contributed by atoms with Gasteiger partial charge in [-0.15, -0.1) is 0 Å². The maximum Gasteiger partial charge on any atom is 0.306 e. The van der Waals surface area contributed by atoms with Crippen LogP contribution in [0.4, 0.5) is 5.69 Å². The summed E-state index contributed by atoms with van der Waals surface area (Å²) in [6, 6.07) is 7.22. The van der Waals surface area contributed by atoms with E-state index in [1.54, 1.807) is 25.1 Å². The average molecular weight is 221 g/mol. The topological polar surface area (TPSA) is 66.4 Å². The molecule has 0 saturated heterocycles. The van der Waals surface area contributed by atoms with Crippen LogP contribution < -0.4 is 5.32 Å². The van der Waals surface area contributed by atoms with Crippen LogP contribution in [0.15, 0.2) is 24.3 Å². The summed E-state index contributed by atoms with van der Waals surface area (Å²) in [7, 11) is 0. The molecule has 0 radical (unpaired) electrons. The van der Waals surface area contributed by atoms with Crippen LogP contribution in [-0.4, -0.2) is 17.0 Å². The number of carbonyl (C=O) groups is 2. The monoisotopic (exact) mass is 221 g/mol. The maximum absolute atomic E-state index is 10.8. The van der Waals surface area contributed by atoms with Crippen LogP contribution in [0.1, 0.15) is 19.4 Å². The summed E-state index contributed by atoms with van der Waals surface area (Å²) in [5, 5.41) is 11.4. The Morgan fingerprint density at radius 1 is 1.44 bits per heavy atom. The quantitative estimate of drug-likeness (QED) is 0.816. The van der Waals surface area contributed by atoms with Crippen LogP contribution in [0.25, 0.3) is 0 Å². The maximum atomic E-state index is 10.8. The number of hydrogen-bond acceptors (Lipinski definition) is 2. The highest BCUT2D eigenvalue weighted by molar-refractivity contribution is 5.88. The Hall–Kier alpha value is -1.84. The molecule has 4 heteroatoms. The predicted octanol–water partition coefficient (Wildman–Crippen LogP) is 1.91. The van der Waals surface area contributed by atoms with E-state index in [4.69, 9.17) is 5.11 Å². The van der Waals surface area contributed by atoms with E-state index in [-0.39, 0.29) is 5.91 Å². The number of nitrogens with one attached hydrogen (secondary N) is 1. The number of hydrogen-bond donors (Lipinski definition) is 2. The minimum atomic E-state index is -0.815. The summed E-state index contributed by atoms with van der Waals surface area (Å²) >= 11 is 0. The molecule has 86 valence electrons. The molecule has 1 aromatic rings. The Balaban J connectivity index is 2.74. The van der Waals surface area contributed by atoms with Gasteiger partial charge in [0.05, 0.1) is 5.92 Å². The Morgan fingerprint density at radius 2 is 2.12 bits per heavy atom. The number of carboxylic acids is 1. The molecule has 0 bridgehead atoms. The number of carboxylic acid groups (broad SMARTS) is 1. The van der Waals surface area contributed by atoms with Crippen LogP contribution in [0.5, 0.6) is 0 Å². The van der Waals surface area contributed by atoms with E-state index in [2.05, 4.69) is 5.32 Å². The average Bonchev–Trinajstić information content (AvgIpc) is 2.16. The zero-order valence-electron chi connectivity index (χ0n) is 9.36. The molecule has 4 nitrogen and oxygen atoms in total. The largest absolute Gasteiger partial charge is 0.481 e. The Morgan fingerprint density at radius 3 is 2.69 bits per heavy atom. The minimum absolute atomic E-state index is 0.136. The van der Waals surface area contributed by atoms with Crippen LogP contribution in [0.2, 0.25) is 0 Å². The third-order valence-corrected chi connectivity index (χ3v) is 2.21. The van der Waals surface area contributed by atoms with Crippen molar-refractivity contribution < 1.29 is 14.7 Å². The molecule has 1 rings (SSSR count). The highest BCUT2D eigenvalue weighted by Crippen LogP contribution is 2.14. The van der Waals surface area contributed by atoms with Crippen LogP contribution in [-0.2, 0) is 16.0 Å². The number of carbonyl (C=O) groups excluding carboxylic acids is 1. The van der Waals surface area contributed by atoms with E-state index in [9.17, 15) is 9.59 Å². The van der Waals surface area contributed by atoms with Crippen LogP contribution in [0, 0.1) is 5.92 Å². The van der Waals surface area contributed by atoms with Crippen molar-refractivity contribution in [3.63, 3.8) is 0 Å². The van der Waals surface area contributed by atoms with Gasteiger partial charge >= 0.3 is 5.97 Å². The van der Waals surface area contributed by atoms with E-state index in [1.165, 1.54) is 6.92 Å². The number of benzene rings is 1. The second-order valence-electron chi connectivity index (χ2n) is 3.82. The first-order valence-corrected chi connectivity index (χ1v) is 5.08. The molecule has 0 spiro atoms. The van der Waals surface area contributed by atoms with Gasteiger partial charge in [-0.3, -0.25) is 9.59 Å². The number of rotatable bonds is 4. The van der Waals surface area contributed by atoms with E-state index in [0.29, 0.717) is 12.1 Å². The molecule has 0 aliphatic rings. The lowest BCUT2D eigenvalue weighted by molar-refractivity contribution is -0.141. The van der Waals surface area contributed by atoms with E-state index < -0.39 is 11.9 Å². The van der Waals surface area contributed by atoms with Crippen LogP contribution >= 0.6 is 0 Å². The molecule has 1 atom stereocenters. The fourth-order valence-electron chi connectivity index (χ4n) is 1.42. The number of amides is 1. The van der Waals surface area contributed by atoms with Crippen molar-refractivity contribution in [2.45, 2.75) is 20.3 Å². The molecule has 16 heavy (non-hydrogen) atoms. The summed E-state index contributed by atoms with van der Waals surface area (Å²) in [5.74, 6) is -1.37. The summed E-state index contributed by atoms with van der Waals surface area (Å²) in [4.78, 5) is 21.5. The van der Waals surface area contributed by atoms with Crippen molar-refractivity contribution in [3.05, 3.63) is 29.8 Å². The molecule has 1 amide bonds. The molecule has 0 fully saturated rings. The number of anilines is 1. The van der Waals surface area contributed by atoms with Gasteiger partial charge in [-0.05, 0) is 24.1 Å². The molecular weight excluding hydrogens is 206 g/mol. The lowest BCUT2D eigenvalue weighted by atomic mass is 10.0. The third kappa shape index (κ3) is 3.73. The van der Waals surface area contributed by atoms with Gasteiger partial charge in [0.1, 0.15) is 0 Å². The molecule has 2 N–H and O–H groups in total. The summed E-state index contributed by atoms with van der Waals surface area (Å²) in [6.07, 6.45) is 0.461. The smallest absolute Gasteiger partial charge is 0.306 e. The van der Waals surface area contributed by atoms with Crippen molar-refractivity contribution in [2.24, 2.45) is 5.92 Å². The van der Waals surface area contributed by atoms with Crippen molar-refractivity contribution >= 4 is 17.6 Å². The van der Waals surface area contributed by atoms with Gasteiger partial charge in [0.2, 0.25) is 5.91 Å². The Bertz CT molecular complexity index is 401. The minimum Gasteiger partial charge on any atom is -0.481 e. The zero-order valence-corrected chi connectivity index (χ0v) is 9.36. The van der Waals surface area contributed by atoms with Crippen molar-refractivity contribution in [3.8, 4) is 0 Å². The summed E-state index contributed by atoms with van der Waals surface area (Å²) < 4.78 is 0. The normalized spacial score (nSPS) is 11.9. The van der Waals surface area contributed by atoms with Gasteiger partial charge in [-0.25, -0.2) is 0 Å². The predicted molar refractivity (Wildman–Crippen MR) is 61.2 cm³/mol. The molecule has 0 saturated carbocycles. The number of aliphatic carboxylic acids is 1. The van der Waals surface area contributed by atoms with Gasteiger partial charge < -0.3 is 10.4 Å². The molecule has 0 aliphatic carbocycles. The van der Waals surface area contributed by atoms with E-state index in [1.807, 2.05) is 6.07 Å². The highest BCUT2D eigenvalue weighted by Gasteiger charge is 2.11. The second kappa shape index (κ2) is 5.30. The van der Waals surface area contributed by atoms with Crippen molar-refractivity contribution in [1.82, 2.24) is 0 Å². The van der Waals surface area contributed by atoms with Gasteiger partial charge in [0, 0.05) is 12.6 Å². The third-order valence-electron chi connectivity index (χ3n) is 2.21. The standard InChI is InChI=1S/C12H15NO3/c1-8(12(15)16)6-10-4-3-5-11(7-10)13-9(2)14/h3-5,7-8H,6H2,1-2H3,(H,13,14)(H,15,16). The molecule has 1 unspecified atom stereocenters. The van der Waals surface area contributed by atoms with Gasteiger partial charge in [-0.1, -0.05) is 19.1 Å². The fourth-order valence-corrected chi connectivity index (χ4v) is 1.42. The molecule has 1 aromatic carbocycles. The summed E-state index contributed by atoms with van der Waals surface area (Å²) in [5.41, 5.74) is 1.60. The van der Waals surface area contributed by atoms with Gasteiger partial charge in [-0.2, -0.15) is 0 Å². The lowest BCUT2D eigenvalue weighted by Gasteiger charge is -2.08. The highest BCUT2D eigenvalue weighted by atomic mass is 16.4. The fraction of sp³-hybridized carbons (Fsp3) is 0.333. The van der Waals surface area contributed by atoms with E-state index >= 15 is 0 Å². The summed E-state index contributed by atoms with van der Waals surface area (Å²) in [6.45, 7) is 3.10. The second-order valence-corrected chi connectivity index (χ2v) is 3.82. The molecular formula is C12H15NO3. The molecule has 0 heterocycles. The zero-order chi connectivity index (χ0) is 12.1. The molecule has 0 aliphatic heterocycles. The Kier molecular flexibility index (Phi) is 4.05. The van der Waals surface area contributed by atoms with Crippen LogP contribution in [0.3, 0.4) is 0 Å². The van der Waals surface area contributed by atoms with Crippen molar-refractivity contribution in [1.29, 1.82) is 0 Å². The van der Waals surface area contributed by atoms with E-state index in [0.717, 1.165) is 5.56 Å². The SMILES string of the molecule is CC(=O)Nc1cccc(CC(C)C(=O)O)c1. The van der Waals surface area contributed by atoms with Gasteiger partial charge in [0.25, 0.3) is 0 Å². The first-order valence-electron chi connectivity index (χ1n) is 5.08. The lowest BCUT2D eigenvalue weighted by Crippen LogP contribution is -2.12. The first kappa shape index (κ1) is 12.2.